The quantitative estimate of drug-likeness (QED) is 0.624. The van der Waals surface area contributed by atoms with Gasteiger partial charge in [0.1, 0.15) is 0 Å². The molecule has 0 aliphatic carbocycles. The molecule has 0 saturated heterocycles. The van der Waals surface area contributed by atoms with Gasteiger partial charge in [0, 0.05) is 0 Å². The first-order chi connectivity index (χ1) is 7.38. The van der Waals surface area contributed by atoms with Crippen LogP contribution in [-0.2, 0) is 0 Å². The molecule has 0 saturated carbocycles. The average Bonchev–Trinajstić information content (AvgIpc) is 2.32. The van der Waals surface area contributed by atoms with Crippen LogP contribution in [-0.4, -0.2) is 6.66 Å². The zero-order valence-electron chi connectivity index (χ0n) is 8.65. The molecular formula is C13H14ClP. The molecule has 0 aromatic heterocycles. The third-order valence-corrected chi connectivity index (χ3v) is 1.88. The molecule has 0 aliphatic rings. The Hall–Kier alpha value is -0.840. The van der Waals surface area contributed by atoms with Crippen LogP contribution in [0.1, 0.15) is 0 Å². The van der Waals surface area contributed by atoms with Crippen molar-refractivity contribution in [3.63, 3.8) is 0 Å². The summed E-state index contributed by atoms with van der Waals surface area (Å²) in [6.07, 6.45) is 0. The Morgan fingerprint density at radius 3 is 1.27 bits per heavy atom. The lowest BCUT2D eigenvalue weighted by atomic mass is 10.1. The van der Waals surface area contributed by atoms with E-state index in [0.29, 0.717) is 7.93 Å². The predicted molar refractivity (Wildman–Crippen MR) is 72.0 cm³/mol. The highest BCUT2D eigenvalue weighted by Gasteiger charge is 1.91. The van der Waals surface area contributed by atoms with Crippen LogP contribution in [0.2, 0.25) is 0 Å². The normalized spacial score (nSPS) is 9.73. The van der Waals surface area contributed by atoms with E-state index in [1.54, 1.807) is 0 Å². The van der Waals surface area contributed by atoms with Crippen LogP contribution in [0.3, 0.4) is 0 Å². The van der Waals surface area contributed by atoms with Crippen molar-refractivity contribution in [1.29, 1.82) is 0 Å². The fraction of sp³-hybridized carbons (Fsp3) is 0.0769. The van der Waals surface area contributed by atoms with E-state index in [9.17, 15) is 0 Å². The zero-order valence-corrected chi connectivity index (χ0v) is 10.4. The molecule has 0 N–H and O–H groups in total. The van der Waals surface area contributed by atoms with Gasteiger partial charge in [0.25, 0.3) is 0 Å². The van der Waals surface area contributed by atoms with Crippen molar-refractivity contribution in [2.75, 3.05) is 6.66 Å². The van der Waals surface area contributed by atoms with Crippen LogP contribution in [0.25, 0.3) is 11.1 Å². The first-order valence-electron chi connectivity index (χ1n) is 4.76. The summed E-state index contributed by atoms with van der Waals surface area (Å²) in [7, 11) is 0.556. The van der Waals surface area contributed by atoms with E-state index < -0.39 is 0 Å². The summed E-state index contributed by atoms with van der Waals surface area (Å²) in [5.41, 5.74) is 2.55. The van der Waals surface area contributed by atoms with Gasteiger partial charge < -0.3 is 0 Å². The van der Waals surface area contributed by atoms with E-state index in [1.807, 2.05) is 18.8 Å². The smallest absolute Gasteiger partial charge is 0.0184 e. The molecule has 78 valence electrons. The SMILES string of the molecule is CPCl.c1ccc(-c2ccccc2)cc1. The molecule has 2 aromatic rings. The van der Waals surface area contributed by atoms with Crippen LogP contribution >= 0.6 is 19.2 Å². The van der Waals surface area contributed by atoms with E-state index in [4.69, 9.17) is 11.2 Å². The molecule has 0 radical (unpaired) electrons. The molecular weight excluding hydrogens is 223 g/mol. The maximum atomic E-state index is 5.03. The fourth-order valence-electron chi connectivity index (χ4n) is 1.26. The summed E-state index contributed by atoms with van der Waals surface area (Å²) in [5.74, 6) is 0. The lowest BCUT2D eigenvalue weighted by Crippen LogP contribution is -1.73. The fourth-order valence-corrected chi connectivity index (χ4v) is 1.26. The van der Waals surface area contributed by atoms with E-state index >= 15 is 0 Å². The topological polar surface area (TPSA) is 0 Å². The van der Waals surface area contributed by atoms with Crippen LogP contribution in [0.4, 0.5) is 0 Å². The van der Waals surface area contributed by atoms with Gasteiger partial charge in [-0.3, -0.25) is 0 Å². The third-order valence-electron chi connectivity index (χ3n) is 1.88. The molecule has 2 aromatic carbocycles. The van der Waals surface area contributed by atoms with Crippen LogP contribution in [0, 0.1) is 0 Å². The average molecular weight is 237 g/mol. The lowest BCUT2D eigenvalue weighted by Gasteiger charge is -1.98. The van der Waals surface area contributed by atoms with Crippen molar-refractivity contribution in [1.82, 2.24) is 0 Å². The maximum absolute atomic E-state index is 5.03. The molecule has 0 spiro atoms. The van der Waals surface area contributed by atoms with Crippen LogP contribution in [0.15, 0.2) is 60.7 Å². The number of rotatable bonds is 1. The Balaban J connectivity index is 0.000000337. The highest BCUT2D eigenvalue weighted by molar-refractivity contribution is 7.67. The lowest BCUT2D eigenvalue weighted by molar-refractivity contribution is 1.62. The number of benzene rings is 2. The largest absolute Gasteiger partial charge is 0.100 e. The van der Waals surface area contributed by atoms with Gasteiger partial charge in [-0.2, -0.15) is 0 Å². The van der Waals surface area contributed by atoms with Gasteiger partial charge in [0.2, 0.25) is 0 Å². The Labute approximate surface area is 97.9 Å². The standard InChI is InChI=1S/C12H10.CH4ClP/c1-3-7-11(8-4-1)12-9-5-2-6-10-12;1-3-2/h1-10H;3H,1H3. The molecule has 0 aliphatic heterocycles. The molecule has 2 heteroatoms. The molecule has 1 unspecified atom stereocenters. The second kappa shape index (κ2) is 7.45. The Morgan fingerprint density at radius 2 is 1.00 bits per heavy atom. The minimum absolute atomic E-state index is 0.556. The molecule has 0 bridgehead atoms. The second-order valence-electron chi connectivity index (χ2n) is 2.92. The zero-order chi connectivity index (χ0) is 10.9. The van der Waals surface area contributed by atoms with Crippen LogP contribution in [0.5, 0.6) is 0 Å². The molecule has 15 heavy (non-hydrogen) atoms. The molecule has 2 rings (SSSR count). The van der Waals surface area contributed by atoms with Gasteiger partial charge in [-0.05, 0) is 25.7 Å². The summed E-state index contributed by atoms with van der Waals surface area (Å²) < 4.78 is 0. The Kier molecular flexibility index (Phi) is 6.08. The van der Waals surface area contributed by atoms with Gasteiger partial charge in [-0.25, -0.2) is 0 Å². The minimum Gasteiger partial charge on any atom is -0.100 e. The van der Waals surface area contributed by atoms with Crippen LogP contribution < -0.4 is 0 Å². The Morgan fingerprint density at radius 1 is 0.733 bits per heavy atom. The second-order valence-corrected chi connectivity index (χ2v) is 4.43. The minimum atomic E-state index is 0.556. The maximum Gasteiger partial charge on any atom is -0.0184 e. The first kappa shape index (κ1) is 12.2. The molecule has 0 heterocycles. The first-order valence-corrected chi connectivity index (χ1v) is 7.27. The Bertz CT molecular complexity index is 321. The van der Waals surface area contributed by atoms with Gasteiger partial charge in [-0.15, -0.1) is 11.2 Å². The van der Waals surface area contributed by atoms with Crippen molar-refractivity contribution < 1.29 is 0 Å². The van der Waals surface area contributed by atoms with Gasteiger partial charge in [-0.1, -0.05) is 60.7 Å². The van der Waals surface area contributed by atoms with E-state index in [-0.39, 0.29) is 0 Å². The molecule has 0 amide bonds. The summed E-state index contributed by atoms with van der Waals surface area (Å²) in [6.45, 7) is 1.92. The summed E-state index contributed by atoms with van der Waals surface area (Å²) in [6, 6.07) is 20.8. The van der Waals surface area contributed by atoms with Crippen molar-refractivity contribution in [3.8, 4) is 11.1 Å². The van der Waals surface area contributed by atoms with E-state index in [0.717, 1.165) is 0 Å². The predicted octanol–water partition coefficient (Wildman–Crippen LogP) is 4.80. The number of hydrogen-bond donors (Lipinski definition) is 0. The highest BCUT2D eigenvalue weighted by Crippen LogP contribution is 2.17. The number of halogens is 1. The summed E-state index contributed by atoms with van der Waals surface area (Å²) >= 11 is 5.03. The number of hydrogen-bond acceptors (Lipinski definition) is 0. The van der Waals surface area contributed by atoms with Gasteiger partial charge in [0.15, 0.2) is 0 Å². The van der Waals surface area contributed by atoms with Crippen molar-refractivity contribution in [3.05, 3.63) is 60.7 Å². The van der Waals surface area contributed by atoms with Crippen molar-refractivity contribution >= 4 is 19.2 Å². The third kappa shape index (κ3) is 4.46. The van der Waals surface area contributed by atoms with Crippen molar-refractivity contribution in [2.45, 2.75) is 0 Å². The highest BCUT2D eigenvalue weighted by atomic mass is 35.7. The van der Waals surface area contributed by atoms with Crippen molar-refractivity contribution in [2.24, 2.45) is 0 Å². The molecule has 0 nitrogen and oxygen atoms in total. The molecule has 1 atom stereocenters. The van der Waals surface area contributed by atoms with Gasteiger partial charge >= 0.3 is 0 Å². The van der Waals surface area contributed by atoms with E-state index in [1.165, 1.54) is 11.1 Å². The monoisotopic (exact) mass is 236 g/mol. The summed E-state index contributed by atoms with van der Waals surface area (Å²) in [4.78, 5) is 0. The van der Waals surface area contributed by atoms with Gasteiger partial charge in [0.05, 0.1) is 0 Å². The van der Waals surface area contributed by atoms with E-state index in [2.05, 4.69) is 48.5 Å². The molecule has 0 fully saturated rings. The summed E-state index contributed by atoms with van der Waals surface area (Å²) in [5, 5.41) is 0.